The first-order valence-electron chi connectivity index (χ1n) is 7.99. The molecule has 0 aliphatic carbocycles. The van der Waals surface area contributed by atoms with Gasteiger partial charge in [-0.25, -0.2) is 0 Å². The van der Waals surface area contributed by atoms with Gasteiger partial charge in [0.15, 0.2) is 0 Å². The van der Waals surface area contributed by atoms with Crippen LogP contribution in [0, 0.1) is 5.41 Å². The molecule has 0 aromatic heterocycles. The predicted molar refractivity (Wildman–Crippen MR) is 86.4 cm³/mol. The van der Waals surface area contributed by atoms with Crippen molar-refractivity contribution in [3.8, 4) is 0 Å². The molecule has 1 aromatic rings. The van der Waals surface area contributed by atoms with Crippen molar-refractivity contribution in [3.05, 3.63) is 34.9 Å². The van der Waals surface area contributed by atoms with Crippen LogP contribution in [-0.2, 0) is 29.1 Å². The van der Waals surface area contributed by atoms with E-state index in [0.29, 0.717) is 5.41 Å². The lowest BCUT2D eigenvalue weighted by atomic mass is 9.83. The van der Waals surface area contributed by atoms with Crippen molar-refractivity contribution in [2.24, 2.45) is 5.41 Å². The maximum atomic E-state index is 5.48. The molecule has 0 fully saturated rings. The first-order chi connectivity index (χ1) is 10.1. The quantitative estimate of drug-likeness (QED) is 0.708. The maximum Gasteiger partial charge on any atom is 0.0725 e. The van der Waals surface area contributed by atoms with Gasteiger partial charge in [0.1, 0.15) is 0 Å². The van der Waals surface area contributed by atoms with Crippen LogP contribution in [0.25, 0.3) is 0 Å². The Morgan fingerprint density at radius 2 is 1.95 bits per heavy atom. The summed E-state index contributed by atoms with van der Waals surface area (Å²) in [5.74, 6) is 0. The standard InChI is InChI=1S/C18H29NO2/c1-18(2,8-9-19-10-11-20-3)7-6-15-4-5-16-13-21-14-17(16)12-15/h4-5,12,19H,6-11,13-14H2,1-3H3. The number of benzene rings is 1. The summed E-state index contributed by atoms with van der Waals surface area (Å²) in [5.41, 5.74) is 4.56. The van der Waals surface area contributed by atoms with Gasteiger partial charge in [0.25, 0.3) is 0 Å². The third-order valence-electron chi connectivity index (χ3n) is 4.34. The van der Waals surface area contributed by atoms with Crippen LogP contribution in [0.4, 0.5) is 0 Å². The van der Waals surface area contributed by atoms with Crippen molar-refractivity contribution in [2.45, 2.75) is 46.3 Å². The van der Waals surface area contributed by atoms with Gasteiger partial charge in [0, 0.05) is 13.7 Å². The van der Waals surface area contributed by atoms with Gasteiger partial charge in [-0.2, -0.15) is 0 Å². The largest absolute Gasteiger partial charge is 0.383 e. The topological polar surface area (TPSA) is 30.5 Å². The summed E-state index contributed by atoms with van der Waals surface area (Å²) in [4.78, 5) is 0. The number of hydrogen-bond donors (Lipinski definition) is 1. The van der Waals surface area contributed by atoms with Gasteiger partial charge in [-0.1, -0.05) is 32.0 Å². The predicted octanol–water partition coefficient (Wildman–Crippen LogP) is 3.30. The highest BCUT2D eigenvalue weighted by atomic mass is 16.5. The van der Waals surface area contributed by atoms with E-state index in [2.05, 4.69) is 37.4 Å². The molecule has 0 bridgehead atoms. The van der Waals surface area contributed by atoms with Gasteiger partial charge in [-0.3, -0.25) is 0 Å². The average molecular weight is 291 g/mol. The van der Waals surface area contributed by atoms with Crippen LogP contribution < -0.4 is 5.32 Å². The van der Waals surface area contributed by atoms with E-state index in [1.165, 1.54) is 29.5 Å². The zero-order valence-corrected chi connectivity index (χ0v) is 13.7. The molecule has 3 heteroatoms. The second-order valence-corrected chi connectivity index (χ2v) is 6.75. The minimum atomic E-state index is 0.371. The Kier molecular flexibility index (Phi) is 6.22. The van der Waals surface area contributed by atoms with Gasteiger partial charge < -0.3 is 14.8 Å². The molecule has 0 spiro atoms. The summed E-state index contributed by atoms with van der Waals surface area (Å²) in [7, 11) is 1.74. The zero-order chi connectivity index (χ0) is 15.1. The van der Waals surface area contributed by atoms with Gasteiger partial charge in [-0.15, -0.1) is 0 Å². The fourth-order valence-corrected chi connectivity index (χ4v) is 2.71. The molecule has 2 rings (SSSR count). The highest BCUT2D eigenvalue weighted by Crippen LogP contribution is 2.28. The highest BCUT2D eigenvalue weighted by Gasteiger charge is 2.18. The number of methoxy groups -OCH3 is 1. The summed E-state index contributed by atoms with van der Waals surface area (Å²) < 4.78 is 10.5. The van der Waals surface area contributed by atoms with Crippen molar-refractivity contribution in [3.63, 3.8) is 0 Å². The minimum Gasteiger partial charge on any atom is -0.383 e. The monoisotopic (exact) mass is 291 g/mol. The van der Waals surface area contributed by atoms with Crippen molar-refractivity contribution in [2.75, 3.05) is 26.8 Å². The number of rotatable bonds is 9. The Balaban J connectivity index is 1.73. The highest BCUT2D eigenvalue weighted by molar-refractivity contribution is 5.33. The number of aryl methyl sites for hydroxylation is 1. The Hall–Kier alpha value is -0.900. The van der Waals surface area contributed by atoms with Crippen LogP contribution in [0.5, 0.6) is 0 Å². The molecule has 1 aromatic carbocycles. The molecule has 1 aliphatic rings. The second-order valence-electron chi connectivity index (χ2n) is 6.75. The number of fused-ring (bicyclic) bond motifs is 1. The van der Waals surface area contributed by atoms with E-state index < -0.39 is 0 Å². The van der Waals surface area contributed by atoms with Crippen molar-refractivity contribution < 1.29 is 9.47 Å². The lowest BCUT2D eigenvalue weighted by molar-refractivity contribution is 0.134. The summed E-state index contributed by atoms with van der Waals surface area (Å²) >= 11 is 0. The van der Waals surface area contributed by atoms with Crippen molar-refractivity contribution in [1.29, 1.82) is 0 Å². The molecule has 1 N–H and O–H groups in total. The van der Waals surface area contributed by atoms with Crippen LogP contribution in [0.1, 0.15) is 43.4 Å². The molecule has 0 unspecified atom stereocenters. The van der Waals surface area contributed by atoms with E-state index >= 15 is 0 Å². The van der Waals surface area contributed by atoms with Gasteiger partial charge in [-0.05, 0) is 47.9 Å². The lowest BCUT2D eigenvalue weighted by Crippen LogP contribution is -2.25. The number of hydrogen-bond acceptors (Lipinski definition) is 3. The van der Waals surface area contributed by atoms with E-state index in [1.54, 1.807) is 7.11 Å². The van der Waals surface area contributed by atoms with Crippen LogP contribution in [-0.4, -0.2) is 26.8 Å². The zero-order valence-electron chi connectivity index (χ0n) is 13.7. The van der Waals surface area contributed by atoms with E-state index in [-0.39, 0.29) is 0 Å². The smallest absolute Gasteiger partial charge is 0.0725 e. The van der Waals surface area contributed by atoms with E-state index in [0.717, 1.165) is 39.3 Å². The average Bonchev–Trinajstić information content (AvgIpc) is 2.92. The molecule has 21 heavy (non-hydrogen) atoms. The van der Waals surface area contributed by atoms with Crippen molar-refractivity contribution in [1.82, 2.24) is 5.32 Å². The molecule has 0 saturated carbocycles. The van der Waals surface area contributed by atoms with Crippen LogP contribution in [0.2, 0.25) is 0 Å². The van der Waals surface area contributed by atoms with Crippen LogP contribution >= 0.6 is 0 Å². The Morgan fingerprint density at radius 3 is 2.76 bits per heavy atom. The SMILES string of the molecule is COCCNCCC(C)(C)CCc1ccc2c(c1)COC2. The summed E-state index contributed by atoms with van der Waals surface area (Å²) in [6.07, 6.45) is 3.57. The Morgan fingerprint density at radius 1 is 1.14 bits per heavy atom. The second kappa shape index (κ2) is 7.92. The first-order valence-corrected chi connectivity index (χ1v) is 7.99. The minimum absolute atomic E-state index is 0.371. The third kappa shape index (κ3) is 5.42. The fourth-order valence-electron chi connectivity index (χ4n) is 2.71. The fraction of sp³-hybridized carbons (Fsp3) is 0.667. The Labute approximate surface area is 129 Å². The normalized spacial score (nSPS) is 14.4. The molecule has 0 saturated heterocycles. The van der Waals surface area contributed by atoms with Crippen molar-refractivity contribution >= 4 is 0 Å². The summed E-state index contributed by atoms with van der Waals surface area (Å²) in [6, 6.07) is 6.83. The van der Waals surface area contributed by atoms with E-state index in [9.17, 15) is 0 Å². The van der Waals surface area contributed by atoms with Crippen LogP contribution in [0.15, 0.2) is 18.2 Å². The number of ether oxygens (including phenoxy) is 2. The molecule has 118 valence electrons. The van der Waals surface area contributed by atoms with Gasteiger partial charge >= 0.3 is 0 Å². The summed E-state index contributed by atoms with van der Waals surface area (Å²) in [6.45, 7) is 9.09. The molecular weight excluding hydrogens is 262 g/mol. The molecule has 1 heterocycles. The molecule has 0 radical (unpaired) electrons. The molecule has 1 aliphatic heterocycles. The molecule has 0 amide bonds. The van der Waals surface area contributed by atoms with Gasteiger partial charge in [0.2, 0.25) is 0 Å². The van der Waals surface area contributed by atoms with Crippen LogP contribution in [0.3, 0.4) is 0 Å². The lowest BCUT2D eigenvalue weighted by Gasteiger charge is -2.25. The van der Waals surface area contributed by atoms with E-state index in [1.807, 2.05) is 0 Å². The molecule has 0 atom stereocenters. The first kappa shape index (κ1) is 16.5. The molecule has 3 nitrogen and oxygen atoms in total. The number of nitrogens with one attached hydrogen (secondary N) is 1. The summed E-state index contributed by atoms with van der Waals surface area (Å²) in [5, 5.41) is 3.43. The third-order valence-corrected chi connectivity index (χ3v) is 4.34. The Bertz CT molecular complexity index is 443. The van der Waals surface area contributed by atoms with Gasteiger partial charge in [0.05, 0.1) is 19.8 Å². The molecular formula is C18H29NO2. The van der Waals surface area contributed by atoms with E-state index in [4.69, 9.17) is 9.47 Å². The maximum absolute atomic E-state index is 5.48.